The molecule has 9 heteroatoms. The average Bonchev–Trinajstić information content (AvgIpc) is 3.23. The highest BCUT2D eigenvalue weighted by Gasteiger charge is 2.33. The number of cyclic esters (lactones) is 1. The number of hydrogen-bond acceptors (Lipinski definition) is 8. The van der Waals surface area contributed by atoms with Crippen LogP contribution in [0.2, 0.25) is 0 Å². The van der Waals surface area contributed by atoms with Crippen LogP contribution in [-0.4, -0.2) is 49.0 Å². The fourth-order valence-electron chi connectivity index (χ4n) is 2.86. The van der Waals surface area contributed by atoms with E-state index in [4.69, 9.17) is 9.47 Å². The predicted molar refractivity (Wildman–Crippen MR) is 97.0 cm³/mol. The van der Waals surface area contributed by atoms with Gasteiger partial charge < -0.3 is 24.8 Å². The number of carbonyl (C=O) groups is 1. The summed E-state index contributed by atoms with van der Waals surface area (Å²) < 4.78 is 10.4. The largest absolute Gasteiger partial charge is 0.506 e. The van der Waals surface area contributed by atoms with E-state index in [1.807, 2.05) is 24.3 Å². The number of carbonyl (C=O) groups excluding carboxylic acids is 1. The second kappa shape index (κ2) is 7.20. The van der Waals surface area contributed by atoms with Gasteiger partial charge in [0.2, 0.25) is 5.76 Å². The van der Waals surface area contributed by atoms with E-state index < -0.39 is 23.6 Å². The van der Waals surface area contributed by atoms with Crippen molar-refractivity contribution in [2.45, 2.75) is 19.1 Å². The van der Waals surface area contributed by atoms with E-state index >= 15 is 0 Å². The molecule has 0 amide bonds. The van der Waals surface area contributed by atoms with Crippen LogP contribution >= 0.6 is 0 Å². The lowest BCUT2D eigenvalue weighted by Crippen LogP contribution is -2.14. The van der Waals surface area contributed by atoms with E-state index in [2.05, 4.69) is 10.2 Å². The molecule has 9 nitrogen and oxygen atoms in total. The van der Waals surface area contributed by atoms with E-state index in [0.29, 0.717) is 16.7 Å². The van der Waals surface area contributed by atoms with Crippen LogP contribution in [0.25, 0.3) is 16.7 Å². The second-order valence-corrected chi connectivity index (χ2v) is 6.27. The minimum Gasteiger partial charge on any atom is -0.506 e. The standard InChI is InChI=1S/C19H17N3O6/c23-15-6-5-11(10-27-8-7-16-17(24)18(25)19(26)28-16)9-14(15)22-20-12-3-1-2-4-13(12)21-22/h1-6,9,16,23-25H,7-8,10H2/t16-/m1/s1. The van der Waals surface area contributed by atoms with Crippen LogP contribution in [-0.2, 0) is 20.9 Å². The van der Waals surface area contributed by atoms with E-state index in [9.17, 15) is 20.1 Å². The third-order valence-corrected chi connectivity index (χ3v) is 4.33. The van der Waals surface area contributed by atoms with Gasteiger partial charge in [0.25, 0.3) is 0 Å². The number of esters is 1. The van der Waals surface area contributed by atoms with E-state index in [-0.39, 0.29) is 25.4 Å². The number of phenolic OH excluding ortho intramolecular Hbond substituents is 1. The first-order valence-electron chi connectivity index (χ1n) is 8.58. The SMILES string of the molecule is O=C1O[C@H](CCOCc2ccc(O)c(-n3nc4ccccc4n3)c2)C(O)=C1O. The molecule has 3 N–H and O–H groups in total. The molecule has 0 unspecified atom stereocenters. The van der Waals surface area contributed by atoms with Gasteiger partial charge in [-0.25, -0.2) is 4.79 Å². The zero-order chi connectivity index (χ0) is 19.7. The molecule has 0 radical (unpaired) electrons. The van der Waals surface area contributed by atoms with Crippen molar-refractivity contribution in [2.24, 2.45) is 0 Å². The lowest BCUT2D eigenvalue weighted by molar-refractivity contribution is -0.143. The summed E-state index contributed by atoms with van der Waals surface area (Å²) in [5.41, 5.74) is 2.63. The smallest absolute Gasteiger partial charge is 0.377 e. The minimum absolute atomic E-state index is 0.0347. The Balaban J connectivity index is 1.41. The van der Waals surface area contributed by atoms with Gasteiger partial charge >= 0.3 is 5.97 Å². The molecule has 144 valence electrons. The quantitative estimate of drug-likeness (QED) is 0.437. The van der Waals surface area contributed by atoms with Crippen molar-refractivity contribution in [1.82, 2.24) is 15.0 Å². The highest BCUT2D eigenvalue weighted by Crippen LogP contribution is 2.24. The number of benzene rings is 2. The monoisotopic (exact) mass is 383 g/mol. The van der Waals surface area contributed by atoms with Crippen molar-refractivity contribution in [3.8, 4) is 11.4 Å². The number of hydrogen-bond donors (Lipinski definition) is 3. The molecule has 1 aliphatic rings. The highest BCUT2D eigenvalue weighted by molar-refractivity contribution is 5.88. The first-order chi connectivity index (χ1) is 13.5. The molecule has 3 aromatic rings. The van der Waals surface area contributed by atoms with Crippen LogP contribution in [0.5, 0.6) is 5.75 Å². The molecule has 0 saturated heterocycles. The fourth-order valence-corrected chi connectivity index (χ4v) is 2.86. The van der Waals surface area contributed by atoms with Crippen LogP contribution in [0.1, 0.15) is 12.0 Å². The van der Waals surface area contributed by atoms with Crippen molar-refractivity contribution in [3.63, 3.8) is 0 Å². The summed E-state index contributed by atoms with van der Waals surface area (Å²) in [4.78, 5) is 12.5. The van der Waals surface area contributed by atoms with E-state index in [0.717, 1.165) is 5.56 Å². The third kappa shape index (κ3) is 3.35. The molecule has 28 heavy (non-hydrogen) atoms. The number of aliphatic hydroxyl groups is 2. The van der Waals surface area contributed by atoms with Gasteiger partial charge in [-0.15, -0.1) is 15.0 Å². The van der Waals surface area contributed by atoms with Gasteiger partial charge in [-0.2, -0.15) is 0 Å². The van der Waals surface area contributed by atoms with Gasteiger partial charge in [0, 0.05) is 6.42 Å². The number of ether oxygens (including phenoxy) is 2. The summed E-state index contributed by atoms with van der Waals surface area (Å²) in [5.74, 6) is -2.14. The topological polar surface area (TPSA) is 127 Å². The van der Waals surface area contributed by atoms with Crippen molar-refractivity contribution in [3.05, 3.63) is 59.5 Å². The zero-order valence-electron chi connectivity index (χ0n) is 14.6. The molecule has 0 saturated carbocycles. The van der Waals surface area contributed by atoms with Gasteiger partial charge in [-0.1, -0.05) is 18.2 Å². The summed E-state index contributed by atoms with van der Waals surface area (Å²) in [7, 11) is 0. The number of aromatic nitrogens is 3. The second-order valence-electron chi connectivity index (χ2n) is 6.27. The lowest BCUT2D eigenvalue weighted by Gasteiger charge is -2.11. The number of phenols is 1. The normalized spacial score (nSPS) is 16.7. The van der Waals surface area contributed by atoms with Crippen molar-refractivity contribution in [1.29, 1.82) is 0 Å². The zero-order valence-corrected chi connectivity index (χ0v) is 14.6. The molecule has 4 rings (SSSR count). The number of aromatic hydroxyl groups is 1. The third-order valence-electron chi connectivity index (χ3n) is 4.33. The number of rotatable bonds is 6. The minimum atomic E-state index is -0.940. The Morgan fingerprint density at radius 3 is 2.43 bits per heavy atom. The molecule has 2 aromatic carbocycles. The summed E-state index contributed by atoms with van der Waals surface area (Å²) >= 11 is 0. The van der Waals surface area contributed by atoms with Crippen LogP contribution in [0.15, 0.2) is 54.0 Å². The van der Waals surface area contributed by atoms with Gasteiger partial charge in [0.15, 0.2) is 11.9 Å². The van der Waals surface area contributed by atoms with Crippen LogP contribution in [0.4, 0.5) is 0 Å². The number of fused-ring (bicyclic) bond motifs is 1. The Morgan fingerprint density at radius 2 is 1.79 bits per heavy atom. The first kappa shape index (κ1) is 17.8. The molecule has 2 heterocycles. The maximum Gasteiger partial charge on any atom is 0.377 e. The Hall–Kier alpha value is -3.59. The predicted octanol–water partition coefficient (Wildman–Crippen LogP) is 2.29. The average molecular weight is 383 g/mol. The Labute approximate surface area is 159 Å². The van der Waals surface area contributed by atoms with Gasteiger partial charge in [0.05, 0.1) is 13.2 Å². The van der Waals surface area contributed by atoms with Crippen LogP contribution < -0.4 is 0 Å². The highest BCUT2D eigenvalue weighted by atomic mass is 16.6. The van der Waals surface area contributed by atoms with Crippen molar-refractivity contribution >= 4 is 17.0 Å². The Bertz CT molecular complexity index is 1040. The lowest BCUT2D eigenvalue weighted by atomic mass is 10.2. The molecule has 0 spiro atoms. The summed E-state index contributed by atoms with van der Waals surface area (Å²) in [6.45, 7) is 0.417. The fraction of sp³-hybridized carbons (Fsp3) is 0.211. The molecular formula is C19H17N3O6. The van der Waals surface area contributed by atoms with Gasteiger partial charge in [0.1, 0.15) is 22.5 Å². The van der Waals surface area contributed by atoms with E-state index in [1.54, 1.807) is 12.1 Å². The first-order valence-corrected chi connectivity index (χ1v) is 8.58. The van der Waals surface area contributed by atoms with Gasteiger partial charge in [-0.3, -0.25) is 0 Å². The molecule has 1 aromatic heterocycles. The maximum absolute atomic E-state index is 11.1. The summed E-state index contributed by atoms with van der Waals surface area (Å²) in [5, 5.41) is 37.7. The van der Waals surface area contributed by atoms with Crippen molar-refractivity contribution in [2.75, 3.05) is 6.61 Å². The molecule has 0 aliphatic carbocycles. The number of aliphatic hydroxyl groups excluding tert-OH is 2. The van der Waals surface area contributed by atoms with Gasteiger partial charge in [-0.05, 0) is 29.8 Å². The van der Waals surface area contributed by atoms with Crippen LogP contribution in [0, 0.1) is 0 Å². The summed E-state index contributed by atoms with van der Waals surface area (Å²) in [6.07, 6.45) is -0.692. The number of nitrogens with zero attached hydrogens (tertiary/aromatic N) is 3. The molecule has 0 bridgehead atoms. The van der Waals surface area contributed by atoms with Crippen molar-refractivity contribution < 1.29 is 29.6 Å². The molecule has 0 fully saturated rings. The Morgan fingerprint density at radius 1 is 1.07 bits per heavy atom. The maximum atomic E-state index is 11.1. The molecule has 1 atom stereocenters. The molecular weight excluding hydrogens is 366 g/mol. The molecule has 1 aliphatic heterocycles. The van der Waals surface area contributed by atoms with Crippen LogP contribution in [0.3, 0.4) is 0 Å². The summed E-state index contributed by atoms with van der Waals surface area (Å²) in [6, 6.07) is 12.3. The Kier molecular flexibility index (Phi) is 4.58. The van der Waals surface area contributed by atoms with E-state index in [1.165, 1.54) is 10.9 Å².